The molecule has 0 saturated carbocycles. The first-order chi connectivity index (χ1) is 11.8. The van der Waals surface area contributed by atoms with E-state index in [1.807, 2.05) is 0 Å². The summed E-state index contributed by atoms with van der Waals surface area (Å²) in [5.41, 5.74) is 0. The average molecular weight is 399 g/mol. The number of hydrogen-bond donors (Lipinski definition) is 0. The summed E-state index contributed by atoms with van der Waals surface area (Å²) in [6.07, 6.45) is 5.30. The van der Waals surface area contributed by atoms with Crippen molar-refractivity contribution in [3.63, 3.8) is 0 Å². The maximum absolute atomic E-state index is 11.9. The highest BCUT2D eigenvalue weighted by Crippen LogP contribution is 2.47. The predicted molar refractivity (Wildman–Crippen MR) is 106 cm³/mol. The fourth-order valence-electron chi connectivity index (χ4n) is 2.47. The van der Waals surface area contributed by atoms with Crippen molar-refractivity contribution in [1.29, 1.82) is 0 Å². The molecule has 1 atom stereocenters. The highest BCUT2D eigenvalue weighted by atomic mass is 31.2. The highest BCUT2D eigenvalue weighted by Gasteiger charge is 2.26. The summed E-state index contributed by atoms with van der Waals surface area (Å²) in [5, 5.41) is 0. The Labute approximate surface area is 156 Å². The second-order valence-electron chi connectivity index (χ2n) is 6.59. The molecule has 0 aromatic carbocycles. The molecule has 1 unspecified atom stereocenters. The van der Waals surface area contributed by atoms with Crippen LogP contribution in [0.15, 0.2) is 0 Å². The van der Waals surface area contributed by atoms with Gasteiger partial charge in [-0.25, -0.2) is 4.67 Å². The summed E-state index contributed by atoms with van der Waals surface area (Å²) in [6, 6.07) is 0.778. The van der Waals surface area contributed by atoms with Crippen LogP contribution in [0.5, 0.6) is 0 Å². The molecule has 0 aliphatic heterocycles. The topological polar surface area (TPSA) is 57.2 Å². The maximum atomic E-state index is 11.9. The summed E-state index contributed by atoms with van der Waals surface area (Å²) >= 11 is 0. The van der Waals surface area contributed by atoms with Crippen molar-refractivity contribution in [3.8, 4) is 0 Å². The largest absolute Gasteiger partial charge is 0.330 e. The van der Waals surface area contributed by atoms with Crippen molar-refractivity contribution in [3.05, 3.63) is 0 Å². The molecule has 0 N–H and O–H groups in total. The molecule has 0 heterocycles. The number of nitrogens with zero attached hydrogens (tertiary/aromatic N) is 1. The van der Waals surface area contributed by atoms with Gasteiger partial charge < -0.3 is 18.1 Å². The second kappa shape index (κ2) is 14.5. The zero-order chi connectivity index (χ0) is 19.3. The lowest BCUT2D eigenvalue weighted by atomic mass is 10.2. The smallest absolute Gasteiger partial charge is 0.322 e. The molecule has 25 heavy (non-hydrogen) atoms. The van der Waals surface area contributed by atoms with Gasteiger partial charge in [0.15, 0.2) is 0 Å². The SMILES string of the molecule is CCCOP(OCCCCCCP(=O)(OC)OC)N(C(C)C)C(C)C. The molecule has 8 heteroatoms. The van der Waals surface area contributed by atoms with Crippen molar-refractivity contribution < 1.29 is 22.7 Å². The molecule has 0 aliphatic rings. The van der Waals surface area contributed by atoms with Gasteiger partial charge in [0.05, 0.1) is 19.4 Å². The van der Waals surface area contributed by atoms with E-state index in [0.29, 0.717) is 24.9 Å². The van der Waals surface area contributed by atoms with Crippen LogP contribution in [0.2, 0.25) is 0 Å². The lowest BCUT2D eigenvalue weighted by Crippen LogP contribution is -2.33. The van der Waals surface area contributed by atoms with Crippen molar-refractivity contribution in [2.45, 2.75) is 78.8 Å². The third-order valence-electron chi connectivity index (χ3n) is 3.74. The van der Waals surface area contributed by atoms with Gasteiger partial charge in [-0.1, -0.05) is 19.8 Å². The van der Waals surface area contributed by atoms with E-state index in [4.69, 9.17) is 18.1 Å². The predicted octanol–water partition coefficient (Wildman–Crippen LogP) is 5.82. The molecule has 0 aromatic heterocycles. The monoisotopic (exact) mass is 399 g/mol. The lowest BCUT2D eigenvalue weighted by Gasteiger charge is -2.35. The van der Waals surface area contributed by atoms with Crippen LogP contribution in [-0.4, -0.2) is 50.3 Å². The van der Waals surface area contributed by atoms with Crippen LogP contribution in [0.25, 0.3) is 0 Å². The summed E-state index contributed by atoms with van der Waals surface area (Å²) in [4.78, 5) is 0. The Bertz CT molecular complexity index is 353. The molecule has 0 saturated heterocycles. The van der Waals surface area contributed by atoms with Crippen LogP contribution in [0.1, 0.15) is 66.7 Å². The molecule has 0 rings (SSSR count). The van der Waals surface area contributed by atoms with E-state index in [2.05, 4.69) is 39.3 Å². The Morgan fingerprint density at radius 3 is 1.88 bits per heavy atom. The van der Waals surface area contributed by atoms with Gasteiger partial charge in [0.1, 0.15) is 0 Å². The van der Waals surface area contributed by atoms with Gasteiger partial charge in [0.25, 0.3) is 8.53 Å². The van der Waals surface area contributed by atoms with E-state index in [1.165, 1.54) is 14.2 Å². The Morgan fingerprint density at radius 2 is 1.40 bits per heavy atom. The molecular weight excluding hydrogens is 360 g/mol. The molecule has 6 nitrogen and oxygen atoms in total. The normalized spacial score (nSPS) is 14.0. The highest BCUT2D eigenvalue weighted by molar-refractivity contribution is 7.53. The minimum Gasteiger partial charge on any atom is -0.322 e. The Kier molecular flexibility index (Phi) is 14.8. The summed E-state index contributed by atoms with van der Waals surface area (Å²) in [7, 11) is -0.990. The van der Waals surface area contributed by atoms with Crippen molar-refractivity contribution in [2.75, 3.05) is 33.6 Å². The number of unbranched alkanes of at least 4 members (excludes halogenated alkanes) is 3. The van der Waals surface area contributed by atoms with Crippen LogP contribution in [-0.2, 0) is 22.7 Å². The number of hydrogen-bond acceptors (Lipinski definition) is 6. The molecule has 0 amide bonds. The molecule has 0 aromatic rings. The van der Waals surface area contributed by atoms with Gasteiger partial charge in [0.2, 0.25) is 0 Å². The van der Waals surface area contributed by atoms with Crippen LogP contribution in [0.3, 0.4) is 0 Å². The zero-order valence-corrected chi connectivity index (χ0v) is 19.0. The molecule has 0 fully saturated rings. The molecule has 152 valence electrons. The first-order valence-electron chi connectivity index (χ1n) is 9.36. The second-order valence-corrected chi connectivity index (χ2v) is 10.4. The Balaban J connectivity index is 4.16. The molecule has 0 aliphatic carbocycles. The third kappa shape index (κ3) is 11.0. The van der Waals surface area contributed by atoms with Gasteiger partial charge in [-0.15, -0.1) is 0 Å². The van der Waals surface area contributed by atoms with E-state index in [1.54, 1.807) is 0 Å². The van der Waals surface area contributed by atoms with E-state index in [0.717, 1.165) is 38.7 Å². The minimum absolute atomic E-state index is 0.389. The van der Waals surface area contributed by atoms with Gasteiger partial charge >= 0.3 is 7.60 Å². The van der Waals surface area contributed by atoms with Crippen LogP contribution >= 0.6 is 16.1 Å². The molecule has 0 spiro atoms. The summed E-state index contributed by atoms with van der Waals surface area (Å²) in [5.74, 6) is 0. The Hall–Kier alpha value is 0.460. The van der Waals surface area contributed by atoms with Crippen LogP contribution in [0, 0.1) is 0 Å². The summed E-state index contributed by atoms with van der Waals surface area (Å²) < 4.78 is 36.2. The Morgan fingerprint density at radius 1 is 0.880 bits per heavy atom. The first kappa shape index (κ1) is 25.5. The minimum atomic E-state index is -2.85. The van der Waals surface area contributed by atoms with Crippen LogP contribution in [0.4, 0.5) is 0 Å². The molecular formula is C17H39NO5P2. The standard InChI is InChI=1S/C17H39NO5P2/c1-8-13-22-24(18(16(2)3)17(4)5)23-14-11-9-10-12-15-25(19,20-6)21-7/h16-17H,8-15H2,1-7H3. The summed E-state index contributed by atoms with van der Waals surface area (Å²) in [6.45, 7) is 12.2. The maximum Gasteiger partial charge on any atom is 0.330 e. The van der Waals surface area contributed by atoms with Crippen LogP contribution < -0.4 is 0 Å². The van der Waals surface area contributed by atoms with E-state index in [-0.39, 0.29) is 0 Å². The van der Waals surface area contributed by atoms with Crippen molar-refractivity contribution >= 4 is 16.1 Å². The van der Waals surface area contributed by atoms with E-state index in [9.17, 15) is 4.57 Å². The van der Waals surface area contributed by atoms with Crippen molar-refractivity contribution in [1.82, 2.24) is 4.67 Å². The fourth-order valence-corrected chi connectivity index (χ4v) is 5.32. The first-order valence-corrected chi connectivity index (χ1v) is 12.2. The third-order valence-corrected chi connectivity index (χ3v) is 7.82. The van der Waals surface area contributed by atoms with Crippen molar-refractivity contribution in [2.24, 2.45) is 0 Å². The van der Waals surface area contributed by atoms with Gasteiger partial charge in [-0.2, -0.15) is 0 Å². The van der Waals surface area contributed by atoms with Gasteiger partial charge in [-0.3, -0.25) is 4.57 Å². The van der Waals surface area contributed by atoms with E-state index >= 15 is 0 Å². The quantitative estimate of drug-likeness (QED) is 0.241. The zero-order valence-electron chi connectivity index (χ0n) is 17.2. The van der Waals surface area contributed by atoms with Gasteiger partial charge in [-0.05, 0) is 47.0 Å². The molecule has 0 bridgehead atoms. The number of rotatable bonds is 16. The average Bonchev–Trinajstić information content (AvgIpc) is 2.57. The van der Waals surface area contributed by atoms with E-state index < -0.39 is 16.1 Å². The van der Waals surface area contributed by atoms with Gasteiger partial charge in [0, 0.05) is 26.3 Å². The molecule has 0 radical (unpaired) electrons. The fraction of sp³-hybridized carbons (Fsp3) is 1.00. The lowest BCUT2D eigenvalue weighted by molar-refractivity contribution is 0.172.